The summed E-state index contributed by atoms with van der Waals surface area (Å²) in [5.41, 5.74) is 2.16. The fourth-order valence-electron chi connectivity index (χ4n) is 3.27. The van der Waals surface area contributed by atoms with Crippen molar-refractivity contribution in [1.82, 2.24) is 25.6 Å². The summed E-state index contributed by atoms with van der Waals surface area (Å²) in [6, 6.07) is 0. The number of rotatable bonds is 8. The normalized spacial score (nSPS) is 16.7. The number of hydrogen-bond donors (Lipinski definition) is 2. The topological polar surface area (TPSA) is 68.9 Å². The fourth-order valence-corrected chi connectivity index (χ4v) is 3.27. The maximum Gasteiger partial charge on any atom is 0.191 e. The smallest absolute Gasteiger partial charge is 0.191 e. The summed E-state index contributed by atoms with van der Waals surface area (Å²) in [7, 11) is 2.21. The van der Waals surface area contributed by atoms with Crippen molar-refractivity contribution in [3.63, 3.8) is 0 Å². The largest absolute Gasteiger partial charge is 0.361 e. The quantitative estimate of drug-likeness (QED) is 0.329. The molecule has 1 aliphatic rings. The average Bonchev–Trinajstić information content (AvgIpc) is 2.93. The summed E-state index contributed by atoms with van der Waals surface area (Å²) in [5.74, 6) is 1.82. The van der Waals surface area contributed by atoms with E-state index in [0.717, 1.165) is 68.5 Å². The predicted molar refractivity (Wildman–Crippen MR) is 122 cm³/mol. The molecule has 0 aliphatic carbocycles. The van der Waals surface area contributed by atoms with Gasteiger partial charge in [0.25, 0.3) is 0 Å². The van der Waals surface area contributed by atoms with Crippen LogP contribution < -0.4 is 10.6 Å². The van der Waals surface area contributed by atoms with Crippen LogP contribution in [0, 0.1) is 0 Å². The second kappa shape index (κ2) is 13.3. The molecule has 0 atom stereocenters. The van der Waals surface area contributed by atoms with Crippen LogP contribution in [0.3, 0.4) is 0 Å². The zero-order valence-corrected chi connectivity index (χ0v) is 19.7. The molecule has 1 fully saturated rings. The Morgan fingerprint density at radius 2 is 1.93 bits per heavy atom. The molecular formula is C19H37IN6O. The Bertz CT molecular complexity index is 541. The lowest BCUT2D eigenvalue weighted by atomic mass is 10.1. The highest BCUT2D eigenvalue weighted by Gasteiger charge is 2.14. The lowest BCUT2D eigenvalue weighted by Crippen LogP contribution is -2.42. The van der Waals surface area contributed by atoms with Crippen LogP contribution in [0.1, 0.15) is 44.2 Å². The van der Waals surface area contributed by atoms with Gasteiger partial charge in [-0.15, -0.1) is 24.0 Å². The zero-order valence-electron chi connectivity index (χ0n) is 17.4. The van der Waals surface area contributed by atoms with Gasteiger partial charge >= 0.3 is 0 Å². The van der Waals surface area contributed by atoms with E-state index in [0.29, 0.717) is 6.54 Å². The third-order valence-electron chi connectivity index (χ3n) is 4.88. The highest BCUT2D eigenvalue weighted by molar-refractivity contribution is 14.0. The first-order valence-corrected chi connectivity index (χ1v) is 10.1. The molecule has 0 saturated carbocycles. The zero-order chi connectivity index (χ0) is 18.8. The van der Waals surface area contributed by atoms with Crippen molar-refractivity contribution in [3.8, 4) is 0 Å². The Morgan fingerprint density at radius 3 is 2.63 bits per heavy atom. The molecule has 1 aromatic rings. The summed E-state index contributed by atoms with van der Waals surface area (Å²) in [4.78, 5) is 9.70. The third-order valence-corrected chi connectivity index (χ3v) is 4.88. The van der Waals surface area contributed by atoms with Crippen molar-refractivity contribution < 1.29 is 4.52 Å². The van der Waals surface area contributed by atoms with Crippen LogP contribution in [0.4, 0.5) is 0 Å². The summed E-state index contributed by atoms with van der Waals surface area (Å²) in [5, 5.41) is 11.0. The second-order valence-corrected chi connectivity index (χ2v) is 6.86. The van der Waals surface area contributed by atoms with Crippen LogP contribution in [-0.4, -0.2) is 73.8 Å². The average molecular weight is 492 g/mol. The molecule has 1 saturated heterocycles. The van der Waals surface area contributed by atoms with E-state index >= 15 is 0 Å². The first-order chi connectivity index (χ1) is 12.7. The summed E-state index contributed by atoms with van der Waals surface area (Å²) in [6.45, 7) is 14.4. The van der Waals surface area contributed by atoms with E-state index in [2.05, 4.69) is 53.4 Å². The SMILES string of the molecule is CCNC(=NCc1c(CC)noc1CC)NCCN1CCCN(C)CC1.I. The predicted octanol–water partition coefficient (Wildman–Crippen LogP) is 2.11. The Kier molecular flexibility index (Phi) is 11.9. The van der Waals surface area contributed by atoms with Gasteiger partial charge in [0.2, 0.25) is 0 Å². The molecule has 2 heterocycles. The summed E-state index contributed by atoms with van der Waals surface area (Å²) >= 11 is 0. The van der Waals surface area contributed by atoms with Crippen LogP contribution >= 0.6 is 24.0 Å². The minimum absolute atomic E-state index is 0. The first-order valence-electron chi connectivity index (χ1n) is 10.1. The number of aliphatic imine (C=N–C) groups is 1. The van der Waals surface area contributed by atoms with Crippen LogP contribution in [0.2, 0.25) is 0 Å². The van der Waals surface area contributed by atoms with Gasteiger partial charge in [0.1, 0.15) is 5.76 Å². The standard InChI is InChI=1S/C19H36N6O.HI/c1-5-17-16(18(6-2)26-23-17)15-22-19(20-7-3)21-9-12-25-11-8-10-24(4)13-14-25;/h5-15H2,1-4H3,(H2,20,21,22);1H. The molecule has 0 amide bonds. The summed E-state index contributed by atoms with van der Waals surface area (Å²) in [6.07, 6.45) is 2.98. The Balaban J connectivity index is 0.00000364. The summed E-state index contributed by atoms with van der Waals surface area (Å²) < 4.78 is 5.44. The van der Waals surface area contributed by atoms with Gasteiger partial charge in [0.15, 0.2) is 5.96 Å². The number of hydrogen-bond acceptors (Lipinski definition) is 5. The van der Waals surface area contributed by atoms with E-state index in [9.17, 15) is 0 Å². The molecule has 8 heteroatoms. The Labute approximate surface area is 181 Å². The van der Waals surface area contributed by atoms with E-state index in [1.807, 2.05) is 0 Å². The number of aryl methyl sites for hydroxylation is 2. The highest BCUT2D eigenvalue weighted by Crippen LogP contribution is 2.16. The Morgan fingerprint density at radius 1 is 1.11 bits per heavy atom. The van der Waals surface area contributed by atoms with E-state index in [-0.39, 0.29) is 24.0 Å². The Hall–Kier alpha value is -0.870. The molecule has 2 N–H and O–H groups in total. The molecular weight excluding hydrogens is 455 g/mol. The van der Waals surface area contributed by atoms with Gasteiger partial charge in [0.05, 0.1) is 12.2 Å². The lowest BCUT2D eigenvalue weighted by Gasteiger charge is -2.21. The van der Waals surface area contributed by atoms with Gasteiger partial charge in [-0.1, -0.05) is 19.0 Å². The van der Waals surface area contributed by atoms with Gasteiger partial charge in [-0.3, -0.25) is 0 Å². The van der Waals surface area contributed by atoms with E-state index < -0.39 is 0 Å². The lowest BCUT2D eigenvalue weighted by molar-refractivity contribution is 0.280. The molecule has 1 aromatic heterocycles. The maximum absolute atomic E-state index is 5.44. The van der Waals surface area contributed by atoms with Crippen molar-refractivity contribution in [2.24, 2.45) is 4.99 Å². The van der Waals surface area contributed by atoms with Crippen LogP contribution in [0.5, 0.6) is 0 Å². The number of halogens is 1. The van der Waals surface area contributed by atoms with Gasteiger partial charge < -0.3 is 25.0 Å². The van der Waals surface area contributed by atoms with Crippen molar-refractivity contribution in [1.29, 1.82) is 0 Å². The molecule has 2 rings (SSSR count). The van der Waals surface area contributed by atoms with E-state index in [1.165, 1.54) is 19.5 Å². The molecule has 27 heavy (non-hydrogen) atoms. The van der Waals surface area contributed by atoms with Gasteiger partial charge in [-0.25, -0.2) is 4.99 Å². The van der Waals surface area contributed by atoms with E-state index in [4.69, 9.17) is 9.52 Å². The second-order valence-electron chi connectivity index (χ2n) is 6.86. The molecule has 0 bridgehead atoms. The number of likely N-dealkylation sites (N-methyl/N-ethyl adjacent to an activating group) is 1. The number of nitrogens with zero attached hydrogens (tertiary/aromatic N) is 4. The highest BCUT2D eigenvalue weighted by atomic mass is 127. The minimum atomic E-state index is 0. The molecule has 156 valence electrons. The van der Waals surface area contributed by atoms with Crippen molar-refractivity contribution in [3.05, 3.63) is 17.0 Å². The van der Waals surface area contributed by atoms with Crippen LogP contribution in [0.15, 0.2) is 9.52 Å². The minimum Gasteiger partial charge on any atom is -0.361 e. The number of nitrogens with one attached hydrogen (secondary N) is 2. The molecule has 0 aromatic carbocycles. The maximum atomic E-state index is 5.44. The first kappa shape index (κ1) is 24.2. The van der Waals surface area contributed by atoms with Crippen LogP contribution in [-0.2, 0) is 19.4 Å². The van der Waals surface area contributed by atoms with Crippen molar-refractivity contribution in [2.45, 2.75) is 46.6 Å². The van der Waals surface area contributed by atoms with Crippen LogP contribution in [0.25, 0.3) is 0 Å². The fraction of sp³-hybridized carbons (Fsp3) is 0.789. The number of aromatic nitrogens is 1. The van der Waals surface area contributed by atoms with Gasteiger partial charge in [0, 0.05) is 44.7 Å². The van der Waals surface area contributed by atoms with Gasteiger partial charge in [-0.2, -0.15) is 0 Å². The molecule has 1 aliphatic heterocycles. The molecule has 7 nitrogen and oxygen atoms in total. The monoisotopic (exact) mass is 492 g/mol. The number of guanidine groups is 1. The van der Waals surface area contributed by atoms with Crippen molar-refractivity contribution >= 4 is 29.9 Å². The molecule has 0 radical (unpaired) electrons. The molecule has 0 unspecified atom stereocenters. The van der Waals surface area contributed by atoms with Gasteiger partial charge in [-0.05, 0) is 39.9 Å². The molecule has 0 spiro atoms. The van der Waals surface area contributed by atoms with E-state index in [1.54, 1.807) is 0 Å². The third kappa shape index (κ3) is 7.95. The van der Waals surface area contributed by atoms with Crippen molar-refractivity contribution in [2.75, 3.05) is 52.9 Å².